The molecule has 2 aromatic rings. The van der Waals surface area contributed by atoms with Crippen molar-refractivity contribution in [3.63, 3.8) is 0 Å². The van der Waals surface area contributed by atoms with Gasteiger partial charge < -0.3 is 10.1 Å². The van der Waals surface area contributed by atoms with E-state index in [-0.39, 0.29) is 5.91 Å². The molecule has 0 bridgehead atoms. The molecule has 2 rings (SSSR count). The Bertz CT molecular complexity index is 679. The van der Waals surface area contributed by atoms with Crippen LogP contribution >= 0.6 is 11.8 Å². The van der Waals surface area contributed by atoms with E-state index in [1.54, 1.807) is 31.2 Å². The first-order valence-electron chi connectivity index (χ1n) is 6.57. The second-order valence-electron chi connectivity index (χ2n) is 4.53. The van der Waals surface area contributed by atoms with Crippen LogP contribution in [0.2, 0.25) is 0 Å². The van der Waals surface area contributed by atoms with E-state index >= 15 is 0 Å². The smallest absolute Gasteiger partial charge is 0.237 e. The minimum atomic E-state index is -0.928. The molecule has 0 saturated carbocycles. The number of hydrogen-bond acceptors (Lipinski definition) is 3. The highest BCUT2D eigenvalue weighted by atomic mass is 32.2. The van der Waals surface area contributed by atoms with E-state index in [1.807, 2.05) is 0 Å². The number of amides is 1. The summed E-state index contributed by atoms with van der Waals surface area (Å²) in [6.45, 7) is 1.69. The van der Waals surface area contributed by atoms with Crippen molar-refractivity contribution in [1.82, 2.24) is 0 Å². The molecule has 1 amide bonds. The standard InChI is InChI=1S/C16H15F2NO2S/c1-10(22-11-7-8-12(17)13(18)9-11)16(20)19-14-5-3-4-6-15(14)21-2/h3-10H,1-2H3,(H,19,20)/t10-/m0/s1. The van der Waals surface area contributed by atoms with Gasteiger partial charge in [-0.25, -0.2) is 8.78 Å². The number of carbonyl (C=O) groups is 1. The van der Waals surface area contributed by atoms with Crippen LogP contribution in [0.3, 0.4) is 0 Å². The second-order valence-corrected chi connectivity index (χ2v) is 5.94. The molecule has 0 aliphatic carbocycles. The first kappa shape index (κ1) is 16.3. The maximum Gasteiger partial charge on any atom is 0.237 e. The molecule has 0 saturated heterocycles. The summed E-state index contributed by atoms with van der Waals surface area (Å²) >= 11 is 1.15. The quantitative estimate of drug-likeness (QED) is 0.842. The van der Waals surface area contributed by atoms with E-state index in [2.05, 4.69) is 5.32 Å². The molecule has 0 aliphatic rings. The number of hydrogen-bond donors (Lipinski definition) is 1. The van der Waals surface area contributed by atoms with E-state index in [4.69, 9.17) is 4.74 Å². The molecule has 1 atom stereocenters. The zero-order valence-corrected chi connectivity index (χ0v) is 12.9. The molecular weight excluding hydrogens is 308 g/mol. The van der Waals surface area contributed by atoms with Crippen LogP contribution in [0.15, 0.2) is 47.4 Å². The third-order valence-electron chi connectivity index (χ3n) is 2.94. The van der Waals surface area contributed by atoms with Gasteiger partial charge >= 0.3 is 0 Å². The molecule has 0 aliphatic heterocycles. The number of carbonyl (C=O) groups excluding carboxylic acids is 1. The van der Waals surface area contributed by atoms with Crippen molar-refractivity contribution in [2.75, 3.05) is 12.4 Å². The van der Waals surface area contributed by atoms with Gasteiger partial charge in [-0.1, -0.05) is 12.1 Å². The number of anilines is 1. The van der Waals surface area contributed by atoms with Gasteiger partial charge in [-0.15, -0.1) is 11.8 Å². The summed E-state index contributed by atoms with van der Waals surface area (Å²) in [4.78, 5) is 12.7. The van der Waals surface area contributed by atoms with Crippen LogP contribution in [0.1, 0.15) is 6.92 Å². The van der Waals surface area contributed by atoms with Gasteiger partial charge in [0.1, 0.15) is 5.75 Å². The Labute approximate surface area is 131 Å². The van der Waals surface area contributed by atoms with E-state index in [0.29, 0.717) is 16.3 Å². The Morgan fingerprint density at radius 1 is 1.18 bits per heavy atom. The molecule has 0 radical (unpaired) electrons. The van der Waals surface area contributed by atoms with Gasteiger partial charge in [0.15, 0.2) is 11.6 Å². The van der Waals surface area contributed by atoms with Crippen molar-refractivity contribution < 1.29 is 18.3 Å². The van der Waals surface area contributed by atoms with Gasteiger partial charge in [-0.05, 0) is 37.3 Å². The van der Waals surface area contributed by atoms with Crippen LogP contribution in [-0.2, 0) is 4.79 Å². The Morgan fingerprint density at radius 3 is 2.59 bits per heavy atom. The monoisotopic (exact) mass is 323 g/mol. The number of rotatable bonds is 5. The van der Waals surface area contributed by atoms with Crippen LogP contribution < -0.4 is 10.1 Å². The second kappa shape index (κ2) is 7.26. The maximum atomic E-state index is 13.2. The molecule has 0 aromatic heterocycles. The fourth-order valence-corrected chi connectivity index (χ4v) is 2.68. The number of thioether (sulfide) groups is 1. The van der Waals surface area contributed by atoms with Crippen LogP contribution in [0, 0.1) is 11.6 Å². The predicted octanol–water partition coefficient (Wildman–Crippen LogP) is 4.09. The fourth-order valence-electron chi connectivity index (χ4n) is 1.79. The van der Waals surface area contributed by atoms with E-state index < -0.39 is 16.9 Å². The molecule has 1 N–H and O–H groups in total. The number of halogens is 2. The zero-order valence-electron chi connectivity index (χ0n) is 12.1. The Balaban J connectivity index is 2.04. The normalized spacial score (nSPS) is 11.8. The number of benzene rings is 2. The molecule has 0 unspecified atom stereocenters. The highest BCUT2D eigenvalue weighted by molar-refractivity contribution is 8.00. The first-order valence-corrected chi connectivity index (χ1v) is 7.45. The highest BCUT2D eigenvalue weighted by Gasteiger charge is 2.17. The van der Waals surface area contributed by atoms with Gasteiger partial charge in [0, 0.05) is 4.90 Å². The predicted molar refractivity (Wildman–Crippen MR) is 83.3 cm³/mol. The minimum Gasteiger partial charge on any atom is -0.495 e. The Kier molecular flexibility index (Phi) is 5.38. The average Bonchev–Trinajstić information content (AvgIpc) is 2.51. The first-order chi connectivity index (χ1) is 10.5. The average molecular weight is 323 g/mol. The van der Waals surface area contributed by atoms with Crippen molar-refractivity contribution >= 4 is 23.4 Å². The Morgan fingerprint density at radius 2 is 1.91 bits per heavy atom. The molecule has 0 heterocycles. The summed E-state index contributed by atoms with van der Waals surface area (Å²) in [5.41, 5.74) is 0.563. The van der Waals surface area contributed by atoms with Gasteiger partial charge in [0.2, 0.25) is 5.91 Å². The SMILES string of the molecule is COc1ccccc1NC(=O)[C@H](C)Sc1ccc(F)c(F)c1. The molecule has 0 fully saturated rings. The Hall–Kier alpha value is -2.08. The molecular formula is C16H15F2NO2S. The third-order valence-corrected chi connectivity index (χ3v) is 4.03. The van der Waals surface area contributed by atoms with Gasteiger partial charge in [-0.3, -0.25) is 4.79 Å². The molecule has 6 heteroatoms. The van der Waals surface area contributed by atoms with E-state index in [9.17, 15) is 13.6 Å². The summed E-state index contributed by atoms with van der Waals surface area (Å²) < 4.78 is 31.2. The van der Waals surface area contributed by atoms with Crippen LogP contribution in [0.4, 0.5) is 14.5 Å². The lowest BCUT2D eigenvalue weighted by Crippen LogP contribution is -2.22. The molecule has 2 aromatic carbocycles. The molecule has 22 heavy (non-hydrogen) atoms. The lowest BCUT2D eigenvalue weighted by molar-refractivity contribution is -0.115. The number of para-hydroxylation sites is 2. The highest BCUT2D eigenvalue weighted by Crippen LogP contribution is 2.28. The largest absolute Gasteiger partial charge is 0.495 e. The van der Waals surface area contributed by atoms with Crippen LogP contribution in [0.25, 0.3) is 0 Å². The van der Waals surface area contributed by atoms with Crippen molar-refractivity contribution in [3.05, 3.63) is 54.1 Å². The van der Waals surface area contributed by atoms with Gasteiger partial charge in [-0.2, -0.15) is 0 Å². The van der Waals surface area contributed by atoms with E-state index in [1.165, 1.54) is 13.2 Å². The van der Waals surface area contributed by atoms with Crippen molar-refractivity contribution in [3.8, 4) is 5.75 Å². The summed E-state index contributed by atoms with van der Waals surface area (Å²) in [7, 11) is 1.52. The van der Waals surface area contributed by atoms with Crippen LogP contribution in [0.5, 0.6) is 5.75 Å². The lowest BCUT2D eigenvalue weighted by Gasteiger charge is -2.14. The van der Waals surface area contributed by atoms with E-state index in [0.717, 1.165) is 23.9 Å². The third kappa shape index (κ3) is 3.98. The fraction of sp³-hybridized carbons (Fsp3) is 0.188. The summed E-state index contributed by atoms with van der Waals surface area (Å²) in [5.74, 6) is -1.53. The molecule has 116 valence electrons. The van der Waals surface area contributed by atoms with Crippen LogP contribution in [-0.4, -0.2) is 18.3 Å². The number of ether oxygens (including phenoxy) is 1. The molecule has 0 spiro atoms. The topological polar surface area (TPSA) is 38.3 Å². The summed E-state index contributed by atoms with van der Waals surface area (Å²) in [6, 6.07) is 10.6. The van der Waals surface area contributed by atoms with Gasteiger partial charge in [0.25, 0.3) is 0 Å². The van der Waals surface area contributed by atoms with Crippen molar-refractivity contribution in [2.24, 2.45) is 0 Å². The maximum absolute atomic E-state index is 13.2. The summed E-state index contributed by atoms with van der Waals surface area (Å²) in [6.07, 6.45) is 0. The summed E-state index contributed by atoms with van der Waals surface area (Å²) in [5, 5.41) is 2.28. The number of methoxy groups -OCH3 is 1. The minimum absolute atomic E-state index is 0.251. The number of nitrogens with one attached hydrogen (secondary N) is 1. The lowest BCUT2D eigenvalue weighted by atomic mass is 10.3. The molecule has 3 nitrogen and oxygen atoms in total. The van der Waals surface area contributed by atoms with Crippen molar-refractivity contribution in [1.29, 1.82) is 0 Å². The van der Waals surface area contributed by atoms with Crippen molar-refractivity contribution in [2.45, 2.75) is 17.1 Å². The van der Waals surface area contributed by atoms with Gasteiger partial charge in [0.05, 0.1) is 18.0 Å². The zero-order chi connectivity index (χ0) is 16.1.